The highest BCUT2D eigenvalue weighted by atomic mass is 35.5. The Kier molecular flexibility index (Phi) is 41.6. The van der Waals surface area contributed by atoms with Crippen molar-refractivity contribution in [2.75, 3.05) is 26.4 Å². The minimum Gasteiger partial charge on any atom is -0.465 e. The second-order valence-electron chi connectivity index (χ2n) is 28.5. The lowest BCUT2D eigenvalue weighted by atomic mass is 9.96. The molecule has 16 unspecified atom stereocenters. The van der Waals surface area contributed by atoms with E-state index in [1.165, 1.54) is 6.92 Å². The van der Waals surface area contributed by atoms with E-state index in [0.29, 0.717) is 109 Å². The van der Waals surface area contributed by atoms with Gasteiger partial charge in [-0.05, 0) is 136 Å². The topological polar surface area (TPSA) is 475 Å². The summed E-state index contributed by atoms with van der Waals surface area (Å²) in [5, 5.41) is 86.6. The number of nitrogens with one attached hydrogen (secondary N) is 4. The van der Waals surface area contributed by atoms with Crippen LogP contribution < -0.4 is 31.5 Å². The van der Waals surface area contributed by atoms with E-state index in [0.717, 1.165) is 54.4 Å². The van der Waals surface area contributed by atoms with Gasteiger partial charge in [0.25, 0.3) is 5.56 Å². The van der Waals surface area contributed by atoms with Crippen LogP contribution in [0.4, 0.5) is 13.2 Å². The lowest BCUT2D eigenvalue weighted by molar-refractivity contribution is -0.275. The molecule has 0 radical (unpaired) electrons. The summed E-state index contributed by atoms with van der Waals surface area (Å²) >= 11 is 60.3. The van der Waals surface area contributed by atoms with E-state index < -0.39 is 142 Å². The number of hydrogen-bond acceptors (Lipinski definition) is 27. The van der Waals surface area contributed by atoms with E-state index in [9.17, 15) is 68.2 Å². The number of aliphatic hydroxyl groups is 6. The van der Waals surface area contributed by atoms with Crippen molar-refractivity contribution in [3.05, 3.63) is 224 Å². The number of hydrazine groups is 1. The number of aromatic nitrogens is 8. The Morgan fingerprint density at radius 2 is 0.850 bits per heavy atom. The van der Waals surface area contributed by atoms with Crippen LogP contribution in [0.3, 0.4) is 0 Å². The minimum atomic E-state index is -1.99. The van der Waals surface area contributed by atoms with Crippen LogP contribution in [-0.2, 0) is 96.3 Å². The second-order valence-corrected chi connectivity index (χ2v) is 32.8. The van der Waals surface area contributed by atoms with Crippen molar-refractivity contribution < 1.29 is 115 Å². The number of hydrogen-bond donors (Lipinski definition) is 12. The van der Waals surface area contributed by atoms with Gasteiger partial charge in [-0.15, -0.1) is 15.3 Å². The molecule has 3 aliphatic rings. The highest BCUT2D eigenvalue weighted by Gasteiger charge is 2.53. The molecule has 12 rings (SSSR count). The lowest BCUT2D eigenvalue weighted by Crippen LogP contribution is -2.61. The van der Waals surface area contributed by atoms with E-state index in [1.807, 2.05) is 19.9 Å². The fraction of sp³-hybridized carbons (Fsp3) is 0.427. The molecular weight excluding hydrogens is 1890 g/mol. The molecule has 0 saturated carbocycles. The first-order valence-electron chi connectivity index (χ1n) is 38.4. The fourth-order valence-corrected chi connectivity index (χ4v) is 15.0. The minimum absolute atomic E-state index is 0.0609. The standard InChI is InChI=1S/C23H25Cl2FN2O8.C18H21Cl2FN2O5.C17H19Cl2FN2O5.C13H14Cl2O3.C11H10Cl2N2O.H4N2/c1-10-16(7-14-5-6-15(24)8-17(14)25)22(28-27-10)36-23-21(34-13(4)31)20(33-12(3)30)19(26)18(35-23)9-32-11(2)29;1-8-11(5-9-3-4-10(19)6-12(9)20)17(22-23(8)2)28-18-16(26)15(25)14(21)13(7-24)27-18;1-7-10(4-8-2-3-9(18)5-11(8)19)16(22-21-7)27-17-15(25)14(24)13(20)12(6-23)26-17;1-3-18-13(17)11(8(2)16)6-9-4-5-10(14)7-12(9)15;1-6-9(11(16)15-14-6)4-7-2-3-8(12)5-10(7)13;1-2/h5-6,8,18-21,23H,7,9H2,1-4H3,(H,27,28);3-4,6,13-16,18,24-26H,5,7H2,1-2H3;2-3,5,12-15,17,23-25H,4,6H2,1H3,(H,21,22);4-5,7,11H,3,6H2,1-2H3;2-3,5H,4H2,1H3,(H2,14,15,16);1-2H2. The lowest BCUT2D eigenvalue weighted by Gasteiger charge is -2.41. The molecule has 0 bridgehead atoms. The first-order valence-corrected chi connectivity index (χ1v) is 42.2. The molecule has 694 valence electrons. The van der Waals surface area contributed by atoms with Gasteiger partial charge in [0, 0.05) is 149 Å². The number of halogens is 13. The van der Waals surface area contributed by atoms with Crippen molar-refractivity contribution in [2.45, 2.75) is 187 Å². The summed E-state index contributed by atoms with van der Waals surface area (Å²) in [4.78, 5) is 69.4. The van der Waals surface area contributed by atoms with E-state index >= 15 is 4.39 Å². The normalized spacial score (nSPS) is 21.9. The van der Waals surface area contributed by atoms with Gasteiger partial charge in [-0.1, -0.05) is 146 Å². The number of aryl methyl sites for hydroxylation is 4. The number of ketones is 1. The van der Waals surface area contributed by atoms with Gasteiger partial charge in [0.2, 0.25) is 42.6 Å². The molecule has 0 amide bonds. The number of carbonyl (C=O) groups excluding carboxylic acids is 5. The first kappa shape index (κ1) is 106. The molecule has 14 N–H and O–H groups in total. The highest BCUT2D eigenvalue weighted by Crippen LogP contribution is 2.38. The molecule has 3 aliphatic heterocycles. The number of nitrogens with two attached hydrogens (primary N) is 2. The van der Waals surface area contributed by atoms with Crippen LogP contribution >= 0.6 is 116 Å². The molecule has 9 aromatic rings. The summed E-state index contributed by atoms with van der Waals surface area (Å²) in [6, 6.07) is 25.5. The van der Waals surface area contributed by atoms with Crippen LogP contribution in [-0.4, -0.2) is 219 Å². The van der Waals surface area contributed by atoms with Crippen molar-refractivity contribution in [1.82, 2.24) is 40.4 Å². The van der Waals surface area contributed by atoms with Crippen LogP contribution in [0.1, 0.15) is 107 Å². The van der Waals surface area contributed by atoms with Gasteiger partial charge in [-0.2, -0.15) is 0 Å². The van der Waals surface area contributed by atoms with Crippen LogP contribution in [0.5, 0.6) is 17.6 Å². The number of ether oxygens (including phenoxy) is 10. The molecule has 0 aliphatic carbocycles. The largest absolute Gasteiger partial charge is 0.465 e. The number of rotatable bonds is 25. The van der Waals surface area contributed by atoms with E-state index in [-0.39, 0.29) is 48.4 Å². The molecule has 3 saturated heterocycles. The Bertz CT molecular complexity index is 5260. The average Bonchev–Trinajstić information content (AvgIpc) is 1.79. The van der Waals surface area contributed by atoms with Gasteiger partial charge >= 0.3 is 23.9 Å². The number of esters is 4. The Hall–Kier alpha value is -8.06. The number of nitrogens with zero attached hydrogens (tertiary/aromatic N) is 4. The SMILES string of the molecule is CC(=O)OCC1OC(Oc2n[nH]c(C)c2Cc2ccc(Cl)cc2Cl)C(OC(C)=O)C(OC(C)=O)C1F.CCOC(=O)C(Cc1ccc(Cl)cc1Cl)C(C)=O.Cc1[nH][nH]c(=O)c1Cc1ccc(Cl)cc1Cl.Cc1[nH]nc(OC2OC(CO)C(F)C(O)C2O)c1Cc1ccc(Cl)cc1Cl.Cc1c(Cc2ccc(Cl)cc2Cl)c(OC2OC(CO)C(F)C(O)C2O)nn1C.NN. The molecule has 4 aromatic heterocycles. The maximum Gasteiger partial charge on any atom is 0.316 e. The number of alkyl halides is 3. The molecule has 3 fully saturated rings. The Morgan fingerprint density at radius 1 is 0.480 bits per heavy atom. The molecular formula is C82H93Cl10F3N10O22. The molecule has 45 heteroatoms. The van der Waals surface area contributed by atoms with E-state index in [4.69, 9.17) is 163 Å². The van der Waals surface area contributed by atoms with E-state index in [2.05, 4.69) is 47.4 Å². The van der Waals surface area contributed by atoms with Crippen molar-refractivity contribution in [3.63, 3.8) is 0 Å². The number of aliphatic hydroxyl groups excluding tert-OH is 6. The number of carbonyl (C=O) groups is 5. The van der Waals surface area contributed by atoms with Gasteiger partial charge in [-0.3, -0.25) is 60.4 Å². The summed E-state index contributed by atoms with van der Waals surface area (Å²) < 4.78 is 98.2. The van der Waals surface area contributed by atoms with Crippen LogP contribution in [0.2, 0.25) is 50.2 Å². The van der Waals surface area contributed by atoms with Gasteiger partial charge in [0.1, 0.15) is 61.0 Å². The monoisotopic (exact) mass is 1980 g/mol. The van der Waals surface area contributed by atoms with Crippen LogP contribution in [0.15, 0.2) is 95.8 Å². The Balaban J connectivity index is 0.000000222. The van der Waals surface area contributed by atoms with E-state index in [1.54, 1.807) is 117 Å². The summed E-state index contributed by atoms with van der Waals surface area (Å²) in [6.07, 6.45) is -22.3. The molecule has 127 heavy (non-hydrogen) atoms. The summed E-state index contributed by atoms with van der Waals surface area (Å²) in [7, 11) is 1.72. The van der Waals surface area contributed by atoms with Gasteiger partial charge in [0.05, 0.1) is 19.8 Å². The van der Waals surface area contributed by atoms with Gasteiger partial charge < -0.3 is 83.1 Å². The number of Topliss-reactive ketones (excluding diaryl/α,β-unsaturated/α-hetero) is 1. The molecule has 7 heterocycles. The zero-order valence-corrected chi connectivity index (χ0v) is 76.9. The third-order valence-electron chi connectivity index (χ3n) is 19.5. The first-order chi connectivity index (χ1) is 60.0. The maximum absolute atomic E-state index is 15.3. The van der Waals surface area contributed by atoms with Crippen molar-refractivity contribution in [1.29, 1.82) is 0 Å². The predicted octanol–water partition coefficient (Wildman–Crippen LogP) is 12.1. The summed E-state index contributed by atoms with van der Waals surface area (Å²) in [5.41, 5.74) is 9.35. The van der Waals surface area contributed by atoms with Gasteiger partial charge in [-0.25, -0.2) is 13.2 Å². The molecule has 16 atom stereocenters. The molecule has 0 spiro atoms. The smallest absolute Gasteiger partial charge is 0.316 e. The van der Waals surface area contributed by atoms with Gasteiger partial charge in [0.15, 0.2) is 24.6 Å². The zero-order valence-electron chi connectivity index (χ0n) is 69.3. The van der Waals surface area contributed by atoms with Crippen molar-refractivity contribution in [3.8, 4) is 17.6 Å². The van der Waals surface area contributed by atoms with Crippen LogP contribution in [0, 0.1) is 33.6 Å². The number of benzene rings is 5. The van der Waals surface area contributed by atoms with Crippen LogP contribution in [0.25, 0.3) is 0 Å². The third-order valence-corrected chi connectivity index (χ3v) is 22.5. The predicted molar refractivity (Wildman–Crippen MR) is 466 cm³/mol. The van der Waals surface area contributed by atoms with Crippen molar-refractivity contribution >= 4 is 146 Å². The Labute approximate surface area is 775 Å². The molecule has 5 aromatic carbocycles. The quantitative estimate of drug-likeness (QED) is 0.00831. The third kappa shape index (κ3) is 29.5. The maximum atomic E-state index is 15.3. The average molecular weight is 1980 g/mol. The highest BCUT2D eigenvalue weighted by molar-refractivity contribution is 6.37. The summed E-state index contributed by atoms with van der Waals surface area (Å²) in [6.45, 7) is 12.0. The summed E-state index contributed by atoms with van der Waals surface area (Å²) in [5.74, 6) is 4.48. The zero-order chi connectivity index (χ0) is 94.3. The molecule has 32 nitrogen and oxygen atoms in total. The number of H-pyrrole nitrogens is 4. The fourth-order valence-electron chi connectivity index (χ4n) is 12.6. The van der Waals surface area contributed by atoms with Crippen molar-refractivity contribution in [2.24, 2.45) is 24.7 Å². The second kappa shape index (κ2) is 49.8. The Morgan fingerprint density at radius 3 is 1.21 bits per heavy atom. The number of aromatic amines is 4.